The molecule has 0 aromatic rings. The first-order valence-corrected chi connectivity index (χ1v) is 6.64. The van der Waals surface area contributed by atoms with E-state index in [1.807, 2.05) is 0 Å². The van der Waals surface area contributed by atoms with Gasteiger partial charge in [-0.1, -0.05) is 30.8 Å². The van der Waals surface area contributed by atoms with Crippen LogP contribution in [0, 0.1) is 0 Å². The highest BCUT2D eigenvalue weighted by Crippen LogP contribution is 2.23. The summed E-state index contributed by atoms with van der Waals surface area (Å²) in [5.41, 5.74) is 5.62. The van der Waals surface area contributed by atoms with Crippen LogP contribution < -0.4 is 5.73 Å². The molecular weight excluding hydrogens is 218 g/mol. The Bertz CT molecular complexity index is 262. The molecule has 1 aliphatic heterocycles. The topological polar surface area (TPSA) is 71.1 Å². The summed E-state index contributed by atoms with van der Waals surface area (Å²) in [6, 6.07) is 0.662. The maximum absolute atomic E-state index is 8.69. The van der Waals surface area contributed by atoms with Gasteiger partial charge in [0, 0.05) is 19.1 Å². The van der Waals surface area contributed by atoms with E-state index in [9.17, 15) is 0 Å². The Kier molecular flexibility index (Phi) is 4.62. The van der Waals surface area contributed by atoms with E-state index in [1.165, 1.54) is 38.5 Å². The molecule has 2 aliphatic rings. The fraction of sp³-hybridized carbons (Fsp3) is 0.917. The molecule has 1 saturated carbocycles. The zero-order valence-corrected chi connectivity index (χ0v) is 10.3. The van der Waals surface area contributed by atoms with Gasteiger partial charge in [-0.2, -0.15) is 0 Å². The van der Waals surface area contributed by atoms with Crippen LogP contribution in [0.1, 0.15) is 38.5 Å². The third kappa shape index (κ3) is 3.33. The average molecular weight is 241 g/mol. The van der Waals surface area contributed by atoms with Crippen molar-refractivity contribution in [2.45, 2.75) is 50.7 Å². The van der Waals surface area contributed by atoms with Gasteiger partial charge in [0.25, 0.3) is 0 Å². The smallest absolute Gasteiger partial charge is 0.169 e. The molecule has 0 bridgehead atoms. The van der Waals surface area contributed by atoms with Crippen molar-refractivity contribution in [2.75, 3.05) is 19.7 Å². The van der Waals surface area contributed by atoms with Gasteiger partial charge in [-0.15, -0.1) is 0 Å². The molecule has 1 saturated heterocycles. The first-order chi connectivity index (χ1) is 8.31. The molecule has 5 nitrogen and oxygen atoms in total. The van der Waals surface area contributed by atoms with Gasteiger partial charge in [-0.25, -0.2) is 0 Å². The molecule has 0 radical (unpaired) electrons. The number of rotatable bonds is 2. The Morgan fingerprint density at radius 1 is 1.24 bits per heavy atom. The van der Waals surface area contributed by atoms with Gasteiger partial charge in [-0.3, -0.25) is 4.90 Å². The Balaban J connectivity index is 1.91. The molecular formula is C12H23N3O2. The van der Waals surface area contributed by atoms with Crippen LogP contribution in [0.4, 0.5) is 0 Å². The van der Waals surface area contributed by atoms with Crippen molar-refractivity contribution in [1.82, 2.24) is 4.90 Å². The zero-order valence-electron chi connectivity index (χ0n) is 10.3. The second kappa shape index (κ2) is 6.21. The second-order valence-corrected chi connectivity index (χ2v) is 5.02. The van der Waals surface area contributed by atoms with E-state index in [2.05, 4.69) is 10.1 Å². The van der Waals surface area contributed by atoms with Gasteiger partial charge < -0.3 is 15.7 Å². The number of hydrogen-bond donors (Lipinski definition) is 2. The quantitative estimate of drug-likeness (QED) is 0.250. The highest BCUT2D eigenvalue weighted by Gasteiger charge is 2.28. The van der Waals surface area contributed by atoms with E-state index in [0.29, 0.717) is 12.6 Å². The van der Waals surface area contributed by atoms with Crippen LogP contribution in [0.5, 0.6) is 0 Å². The van der Waals surface area contributed by atoms with E-state index in [4.69, 9.17) is 15.7 Å². The third-order valence-electron chi connectivity index (χ3n) is 3.88. The first-order valence-electron chi connectivity index (χ1n) is 6.64. The van der Waals surface area contributed by atoms with Gasteiger partial charge in [-0.05, 0) is 12.8 Å². The number of morpholine rings is 1. The standard InChI is InChI=1S/C12H23N3O2/c13-12(14-16)11-9-15(7-8-17-11)10-5-3-1-2-4-6-10/h10-11,16H,1-9H2,(H2,13,14). The van der Waals surface area contributed by atoms with Gasteiger partial charge in [0.1, 0.15) is 6.10 Å². The summed E-state index contributed by atoms with van der Waals surface area (Å²) in [5.74, 6) is 0.198. The Labute approximate surface area is 103 Å². The number of nitrogens with two attached hydrogens (primary N) is 1. The van der Waals surface area contributed by atoms with E-state index >= 15 is 0 Å². The van der Waals surface area contributed by atoms with Crippen molar-refractivity contribution in [3.8, 4) is 0 Å². The van der Waals surface area contributed by atoms with Crippen LogP contribution in [0.2, 0.25) is 0 Å². The predicted molar refractivity (Wildman–Crippen MR) is 66.2 cm³/mol. The van der Waals surface area contributed by atoms with E-state index in [-0.39, 0.29) is 11.9 Å². The van der Waals surface area contributed by atoms with E-state index in [0.717, 1.165) is 13.1 Å². The minimum absolute atomic E-state index is 0.198. The van der Waals surface area contributed by atoms with Crippen molar-refractivity contribution < 1.29 is 9.94 Å². The molecule has 0 aromatic heterocycles. The van der Waals surface area contributed by atoms with Crippen LogP contribution in [0.25, 0.3) is 0 Å². The largest absolute Gasteiger partial charge is 0.409 e. The van der Waals surface area contributed by atoms with Crippen LogP contribution in [0.3, 0.4) is 0 Å². The van der Waals surface area contributed by atoms with Crippen molar-refractivity contribution in [1.29, 1.82) is 0 Å². The molecule has 3 N–H and O–H groups in total. The Morgan fingerprint density at radius 2 is 1.94 bits per heavy atom. The lowest BCUT2D eigenvalue weighted by Crippen LogP contribution is -2.51. The summed E-state index contributed by atoms with van der Waals surface area (Å²) in [6.07, 6.45) is 7.71. The third-order valence-corrected chi connectivity index (χ3v) is 3.88. The normalized spacial score (nSPS) is 30.1. The minimum Gasteiger partial charge on any atom is -0.409 e. The molecule has 2 fully saturated rings. The fourth-order valence-corrected chi connectivity index (χ4v) is 2.87. The molecule has 1 heterocycles. The summed E-state index contributed by atoms with van der Waals surface area (Å²) < 4.78 is 5.53. The molecule has 1 atom stereocenters. The fourth-order valence-electron chi connectivity index (χ4n) is 2.87. The summed E-state index contributed by atoms with van der Waals surface area (Å²) in [5, 5.41) is 11.7. The Morgan fingerprint density at radius 3 is 2.59 bits per heavy atom. The number of hydrogen-bond acceptors (Lipinski definition) is 4. The molecule has 0 aromatic carbocycles. The molecule has 1 unspecified atom stereocenters. The predicted octanol–water partition coefficient (Wildman–Crippen LogP) is 1.16. The van der Waals surface area contributed by atoms with E-state index < -0.39 is 0 Å². The summed E-state index contributed by atoms with van der Waals surface area (Å²) in [6.45, 7) is 2.41. The highest BCUT2D eigenvalue weighted by molar-refractivity contribution is 5.84. The summed E-state index contributed by atoms with van der Waals surface area (Å²) >= 11 is 0. The number of oxime groups is 1. The minimum atomic E-state index is -0.239. The number of nitrogens with zero attached hydrogens (tertiary/aromatic N) is 2. The summed E-state index contributed by atoms with van der Waals surface area (Å²) in [7, 11) is 0. The van der Waals surface area contributed by atoms with Crippen molar-refractivity contribution in [2.24, 2.45) is 10.9 Å². The van der Waals surface area contributed by atoms with Crippen molar-refractivity contribution in [3.63, 3.8) is 0 Å². The monoisotopic (exact) mass is 241 g/mol. The van der Waals surface area contributed by atoms with Crippen LogP contribution in [-0.4, -0.2) is 47.8 Å². The maximum atomic E-state index is 8.69. The summed E-state index contributed by atoms with van der Waals surface area (Å²) in [4.78, 5) is 2.46. The van der Waals surface area contributed by atoms with Gasteiger partial charge in [0.05, 0.1) is 6.61 Å². The molecule has 2 rings (SSSR count). The molecule has 0 amide bonds. The van der Waals surface area contributed by atoms with Crippen molar-refractivity contribution in [3.05, 3.63) is 0 Å². The molecule has 17 heavy (non-hydrogen) atoms. The average Bonchev–Trinajstić information content (AvgIpc) is 2.67. The molecule has 5 heteroatoms. The van der Waals surface area contributed by atoms with Gasteiger partial charge in [0.15, 0.2) is 5.84 Å². The SMILES string of the molecule is NC(=NO)C1CN(C2CCCCCC2)CCO1. The Hall–Kier alpha value is -0.810. The number of ether oxygens (including phenoxy) is 1. The van der Waals surface area contributed by atoms with Crippen molar-refractivity contribution >= 4 is 5.84 Å². The van der Waals surface area contributed by atoms with Crippen LogP contribution in [-0.2, 0) is 4.74 Å². The lowest BCUT2D eigenvalue weighted by Gasteiger charge is -2.37. The lowest BCUT2D eigenvalue weighted by molar-refractivity contribution is -0.0156. The number of amidine groups is 1. The second-order valence-electron chi connectivity index (χ2n) is 5.02. The van der Waals surface area contributed by atoms with E-state index in [1.54, 1.807) is 0 Å². The lowest BCUT2D eigenvalue weighted by atomic mass is 10.1. The van der Waals surface area contributed by atoms with Gasteiger partial charge >= 0.3 is 0 Å². The molecule has 1 aliphatic carbocycles. The highest BCUT2D eigenvalue weighted by atomic mass is 16.5. The first kappa shape index (κ1) is 12.6. The van der Waals surface area contributed by atoms with Gasteiger partial charge in [0.2, 0.25) is 0 Å². The molecule has 0 spiro atoms. The van der Waals surface area contributed by atoms with Crippen LogP contribution >= 0.6 is 0 Å². The zero-order chi connectivity index (χ0) is 12.1. The maximum Gasteiger partial charge on any atom is 0.169 e. The molecule has 98 valence electrons. The van der Waals surface area contributed by atoms with Crippen LogP contribution in [0.15, 0.2) is 5.16 Å².